The molecule has 0 amide bonds. The summed E-state index contributed by atoms with van der Waals surface area (Å²) >= 11 is 0. The summed E-state index contributed by atoms with van der Waals surface area (Å²) in [6.07, 6.45) is -4.22. The first-order valence-electron chi connectivity index (χ1n) is 6.60. The monoisotopic (exact) mass is 322 g/mol. The Morgan fingerprint density at radius 2 is 1.52 bits per heavy atom. The topological polar surface area (TPSA) is 35.5 Å². The van der Waals surface area contributed by atoms with Crippen molar-refractivity contribution in [3.63, 3.8) is 0 Å². The minimum Gasteiger partial charge on any atom is -0.497 e. The summed E-state index contributed by atoms with van der Waals surface area (Å²) in [7, 11) is 1.47. The molecule has 0 bridgehead atoms. The number of benzene rings is 2. The van der Waals surface area contributed by atoms with E-state index in [0.29, 0.717) is 11.8 Å². The molecule has 23 heavy (non-hydrogen) atoms. The molecule has 0 fully saturated rings. The van der Waals surface area contributed by atoms with Crippen LogP contribution in [0.5, 0.6) is 11.5 Å². The number of allylic oxidation sites excluding steroid dienone is 1. The van der Waals surface area contributed by atoms with Crippen LogP contribution in [0.25, 0.3) is 5.57 Å². The van der Waals surface area contributed by atoms with Gasteiger partial charge in [-0.15, -0.1) is 0 Å². The number of methoxy groups -OCH3 is 1. The Bertz CT molecular complexity index is 689. The number of hydrogen-bond acceptors (Lipinski definition) is 3. The maximum Gasteiger partial charge on any atom is 0.417 e. The van der Waals surface area contributed by atoms with Crippen molar-refractivity contribution in [1.82, 2.24) is 0 Å². The van der Waals surface area contributed by atoms with Gasteiger partial charge in [0.1, 0.15) is 11.5 Å². The number of carbonyl (C=O) groups is 1. The molecule has 0 aliphatic carbocycles. The Hall–Kier alpha value is -2.76. The second-order valence-electron chi connectivity index (χ2n) is 4.52. The van der Waals surface area contributed by atoms with Crippen LogP contribution in [0.2, 0.25) is 0 Å². The third kappa shape index (κ3) is 4.60. The van der Waals surface area contributed by atoms with Gasteiger partial charge in [0.05, 0.1) is 12.7 Å². The molecule has 0 spiro atoms. The second-order valence-corrected chi connectivity index (χ2v) is 4.52. The van der Waals surface area contributed by atoms with Gasteiger partial charge in [0.2, 0.25) is 0 Å². The molecule has 0 saturated carbocycles. The van der Waals surface area contributed by atoms with Crippen molar-refractivity contribution in [3.8, 4) is 11.5 Å². The van der Waals surface area contributed by atoms with Crippen LogP contribution in [0.4, 0.5) is 13.2 Å². The van der Waals surface area contributed by atoms with E-state index in [9.17, 15) is 18.0 Å². The van der Waals surface area contributed by atoms with E-state index in [2.05, 4.69) is 0 Å². The molecule has 0 heterocycles. The minimum absolute atomic E-state index is 0.105. The number of esters is 1. The number of carbonyl (C=O) groups excluding carboxylic acids is 1. The fraction of sp³-hybridized carbons (Fsp3) is 0.118. The van der Waals surface area contributed by atoms with Crippen molar-refractivity contribution >= 4 is 11.5 Å². The van der Waals surface area contributed by atoms with Crippen molar-refractivity contribution in [1.29, 1.82) is 0 Å². The van der Waals surface area contributed by atoms with Crippen molar-refractivity contribution in [2.24, 2.45) is 0 Å². The molecule has 0 radical (unpaired) electrons. The smallest absolute Gasteiger partial charge is 0.417 e. The van der Waals surface area contributed by atoms with Crippen LogP contribution in [0.15, 0.2) is 60.7 Å². The average molecular weight is 322 g/mol. The molecule has 2 rings (SSSR count). The van der Waals surface area contributed by atoms with E-state index in [1.807, 2.05) is 0 Å². The van der Waals surface area contributed by atoms with Crippen molar-refractivity contribution in [2.45, 2.75) is 6.18 Å². The largest absolute Gasteiger partial charge is 0.497 e. The average Bonchev–Trinajstić information content (AvgIpc) is 2.53. The molecular formula is C17H13F3O3. The molecule has 0 aliphatic heterocycles. The van der Waals surface area contributed by atoms with Crippen LogP contribution in [-0.4, -0.2) is 19.3 Å². The predicted molar refractivity (Wildman–Crippen MR) is 79.1 cm³/mol. The molecule has 0 aliphatic rings. The molecule has 120 valence electrons. The minimum atomic E-state index is -4.67. The van der Waals surface area contributed by atoms with Crippen LogP contribution in [0.1, 0.15) is 5.56 Å². The van der Waals surface area contributed by atoms with Gasteiger partial charge in [0.15, 0.2) is 0 Å². The molecule has 0 aromatic heterocycles. The van der Waals surface area contributed by atoms with E-state index >= 15 is 0 Å². The summed E-state index contributed by atoms with van der Waals surface area (Å²) in [5, 5.41) is 0. The molecule has 0 saturated heterocycles. The van der Waals surface area contributed by atoms with Crippen LogP contribution in [-0.2, 0) is 4.79 Å². The lowest BCUT2D eigenvalue weighted by molar-refractivity contribution is -0.129. The van der Waals surface area contributed by atoms with Crippen LogP contribution in [0, 0.1) is 0 Å². The Labute approximate surface area is 131 Å². The predicted octanol–water partition coefficient (Wildman–Crippen LogP) is 4.25. The first kappa shape index (κ1) is 16.6. The zero-order valence-electron chi connectivity index (χ0n) is 12.1. The molecule has 0 atom stereocenters. The fourth-order valence-corrected chi connectivity index (χ4v) is 1.85. The van der Waals surface area contributed by atoms with E-state index in [-0.39, 0.29) is 11.3 Å². The Morgan fingerprint density at radius 1 is 0.957 bits per heavy atom. The summed E-state index contributed by atoms with van der Waals surface area (Å²) in [6, 6.07) is 13.0. The maximum atomic E-state index is 13.1. The lowest BCUT2D eigenvalue weighted by atomic mass is 10.1. The first-order chi connectivity index (χ1) is 10.9. The van der Waals surface area contributed by atoms with Crippen molar-refractivity contribution in [2.75, 3.05) is 7.11 Å². The fourth-order valence-electron chi connectivity index (χ4n) is 1.85. The van der Waals surface area contributed by atoms with Gasteiger partial charge in [0.25, 0.3) is 0 Å². The van der Waals surface area contributed by atoms with Gasteiger partial charge >= 0.3 is 12.1 Å². The summed E-state index contributed by atoms with van der Waals surface area (Å²) in [4.78, 5) is 11.8. The second kappa shape index (κ2) is 7.00. The number of hydrogen-bond donors (Lipinski definition) is 0. The highest BCUT2D eigenvalue weighted by atomic mass is 19.4. The summed E-state index contributed by atoms with van der Waals surface area (Å²) in [5.74, 6) is -0.436. The van der Waals surface area contributed by atoms with Crippen LogP contribution < -0.4 is 9.47 Å². The third-order valence-electron chi connectivity index (χ3n) is 2.93. The molecule has 6 heteroatoms. The van der Waals surface area contributed by atoms with Gasteiger partial charge in [-0.1, -0.05) is 30.3 Å². The van der Waals surface area contributed by atoms with Crippen LogP contribution in [0.3, 0.4) is 0 Å². The van der Waals surface area contributed by atoms with Gasteiger partial charge in [-0.05, 0) is 29.8 Å². The molecule has 3 nitrogen and oxygen atoms in total. The van der Waals surface area contributed by atoms with Crippen molar-refractivity contribution in [3.05, 3.63) is 66.2 Å². The van der Waals surface area contributed by atoms with Gasteiger partial charge in [-0.2, -0.15) is 13.2 Å². The van der Waals surface area contributed by atoms with Gasteiger partial charge in [0, 0.05) is 6.08 Å². The lowest BCUT2D eigenvalue weighted by Crippen LogP contribution is -2.14. The number of rotatable bonds is 4. The van der Waals surface area contributed by atoms with E-state index in [0.717, 1.165) is 0 Å². The lowest BCUT2D eigenvalue weighted by Gasteiger charge is -2.12. The number of ether oxygens (including phenoxy) is 2. The summed E-state index contributed by atoms with van der Waals surface area (Å²) in [5.41, 5.74) is -1.16. The molecule has 2 aromatic rings. The highest BCUT2D eigenvalue weighted by molar-refractivity contribution is 5.93. The number of halogens is 3. The van der Waals surface area contributed by atoms with Gasteiger partial charge < -0.3 is 9.47 Å². The highest BCUT2D eigenvalue weighted by Gasteiger charge is 2.35. The Kier molecular flexibility index (Phi) is 5.05. The third-order valence-corrected chi connectivity index (χ3v) is 2.93. The standard InChI is InChI=1S/C17H13F3O3/c1-22-13-7-9-14(10-8-13)23-16(21)11-15(17(18,19)20)12-5-3-2-4-6-12/h2-11H,1H3/b15-11-. The molecule has 0 N–H and O–H groups in total. The van der Waals surface area contributed by atoms with Gasteiger partial charge in [-0.3, -0.25) is 0 Å². The van der Waals surface area contributed by atoms with Crippen molar-refractivity contribution < 1.29 is 27.4 Å². The summed E-state index contributed by atoms with van der Waals surface area (Å²) < 4.78 is 49.2. The van der Waals surface area contributed by atoms with E-state index < -0.39 is 17.7 Å². The maximum absolute atomic E-state index is 13.1. The first-order valence-corrected chi connectivity index (χ1v) is 6.60. The molecular weight excluding hydrogens is 309 g/mol. The van der Waals surface area contributed by atoms with Crippen LogP contribution >= 0.6 is 0 Å². The Balaban J connectivity index is 2.23. The zero-order chi connectivity index (χ0) is 16.9. The van der Waals surface area contributed by atoms with Gasteiger partial charge in [-0.25, -0.2) is 4.79 Å². The number of alkyl halides is 3. The zero-order valence-corrected chi connectivity index (χ0v) is 12.1. The quantitative estimate of drug-likeness (QED) is 0.480. The Morgan fingerprint density at radius 3 is 2.04 bits per heavy atom. The molecule has 2 aromatic carbocycles. The normalized spacial score (nSPS) is 11.9. The van der Waals surface area contributed by atoms with E-state index in [1.54, 1.807) is 6.07 Å². The highest BCUT2D eigenvalue weighted by Crippen LogP contribution is 2.33. The SMILES string of the molecule is COc1ccc(OC(=O)/C=C(/c2ccccc2)C(F)(F)F)cc1. The van der Waals surface area contributed by atoms with E-state index in [1.165, 1.54) is 55.6 Å². The molecule has 0 unspecified atom stereocenters. The van der Waals surface area contributed by atoms with E-state index in [4.69, 9.17) is 9.47 Å². The summed E-state index contributed by atoms with van der Waals surface area (Å²) in [6.45, 7) is 0.